The maximum Gasteiger partial charge on any atom is 0.276 e. The first kappa shape index (κ1) is 8.65. The Morgan fingerprint density at radius 3 is 2.75 bits per heavy atom. The van der Waals surface area contributed by atoms with Crippen molar-refractivity contribution >= 4 is 0 Å². The molecule has 0 saturated heterocycles. The number of rotatable bonds is 3. The van der Waals surface area contributed by atoms with Crippen LogP contribution < -0.4 is 0 Å². The lowest BCUT2D eigenvalue weighted by Crippen LogP contribution is -1.88. The van der Waals surface area contributed by atoms with E-state index in [2.05, 4.69) is 0 Å². The van der Waals surface area contributed by atoms with Gasteiger partial charge >= 0.3 is 0 Å². The molecule has 0 saturated carbocycles. The van der Waals surface area contributed by atoms with E-state index in [0.29, 0.717) is 6.61 Å². The molecule has 2 nitrogen and oxygen atoms in total. The van der Waals surface area contributed by atoms with Crippen LogP contribution in [-0.4, -0.2) is 11.7 Å². The topological polar surface area (TPSA) is 29.5 Å². The van der Waals surface area contributed by atoms with Gasteiger partial charge in [-0.2, -0.15) is 0 Å². The Hall–Kier alpha value is -1.44. The molecule has 1 aliphatic rings. The second kappa shape index (κ2) is 4.44. The lowest BCUT2D eigenvalue weighted by atomic mass is 10.3. The molecule has 12 heavy (non-hydrogen) atoms. The van der Waals surface area contributed by atoms with E-state index in [9.17, 15) is 0 Å². The number of aliphatic hydroxyl groups is 1. The molecule has 0 fully saturated rings. The molecule has 0 atom stereocenters. The van der Waals surface area contributed by atoms with Gasteiger partial charge < -0.3 is 9.84 Å². The van der Waals surface area contributed by atoms with E-state index < -0.39 is 0 Å². The molecule has 1 N–H and O–H groups in total. The molecule has 0 spiro atoms. The molecule has 0 aromatic rings. The van der Waals surface area contributed by atoms with Crippen molar-refractivity contribution in [3.63, 3.8) is 0 Å². The van der Waals surface area contributed by atoms with Crippen molar-refractivity contribution in [3.8, 4) is 0 Å². The standard InChI is InChI=1S/C10H12O2/c1-2-12-10(11)8-7-9-5-3-4-6-9/h3-8,11H,2H2,1H3/b10-8+. The van der Waals surface area contributed by atoms with E-state index in [1.807, 2.05) is 31.2 Å². The average Bonchev–Trinajstić information content (AvgIpc) is 2.53. The summed E-state index contributed by atoms with van der Waals surface area (Å²) in [5.74, 6) is -0.0429. The summed E-state index contributed by atoms with van der Waals surface area (Å²) in [7, 11) is 0. The van der Waals surface area contributed by atoms with E-state index in [1.54, 1.807) is 12.2 Å². The quantitative estimate of drug-likeness (QED) is 0.649. The third-order valence-corrected chi connectivity index (χ3v) is 1.40. The molecule has 0 aliphatic heterocycles. The molecule has 0 aromatic carbocycles. The molecule has 1 aliphatic carbocycles. The van der Waals surface area contributed by atoms with E-state index in [1.165, 1.54) is 0 Å². The summed E-state index contributed by atoms with van der Waals surface area (Å²) in [5.41, 5.74) is 1.06. The molecule has 0 aromatic heterocycles. The molecule has 0 amide bonds. The van der Waals surface area contributed by atoms with E-state index in [0.717, 1.165) is 5.57 Å². The Morgan fingerprint density at radius 2 is 2.17 bits per heavy atom. The minimum atomic E-state index is -0.0429. The highest BCUT2D eigenvalue weighted by Gasteiger charge is 1.91. The minimum absolute atomic E-state index is 0.0429. The predicted molar refractivity (Wildman–Crippen MR) is 48.7 cm³/mol. The first-order valence-corrected chi connectivity index (χ1v) is 3.91. The third kappa shape index (κ3) is 2.66. The lowest BCUT2D eigenvalue weighted by Gasteiger charge is -1.97. The summed E-state index contributed by atoms with van der Waals surface area (Å²) in [4.78, 5) is 0. The summed E-state index contributed by atoms with van der Waals surface area (Å²) < 4.78 is 4.83. The molecule has 1 rings (SSSR count). The molecule has 2 heteroatoms. The van der Waals surface area contributed by atoms with Crippen LogP contribution in [0.3, 0.4) is 0 Å². The number of ether oxygens (including phenoxy) is 1. The summed E-state index contributed by atoms with van der Waals surface area (Å²) in [6.07, 6.45) is 11.1. The Labute approximate surface area is 72.2 Å². The number of allylic oxidation sites excluding steroid dienone is 7. The molecular formula is C10H12O2. The SMILES string of the molecule is CCO/C(O)=C/C=C1C=CC=C1. The van der Waals surface area contributed by atoms with Crippen molar-refractivity contribution in [1.82, 2.24) is 0 Å². The fourth-order valence-corrected chi connectivity index (χ4v) is 0.864. The van der Waals surface area contributed by atoms with Crippen LogP contribution in [0.25, 0.3) is 0 Å². The van der Waals surface area contributed by atoms with Gasteiger partial charge in [0.2, 0.25) is 0 Å². The normalized spacial score (nSPS) is 15.4. The van der Waals surface area contributed by atoms with E-state index in [4.69, 9.17) is 9.84 Å². The van der Waals surface area contributed by atoms with Crippen LogP contribution in [0.2, 0.25) is 0 Å². The van der Waals surface area contributed by atoms with Gasteiger partial charge in [-0.25, -0.2) is 0 Å². The van der Waals surface area contributed by atoms with Crippen LogP contribution in [0.5, 0.6) is 0 Å². The monoisotopic (exact) mass is 164 g/mol. The van der Waals surface area contributed by atoms with Crippen LogP contribution >= 0.6 is 0 Å². The Bertz CT molecular complexity index is 243. The third-order valence-electron chi connectivity index (χ3n) is 1.40. The lowest BCUT2D eigenvalue weighted by molar-refractivity contribution is 0.103. The fourth-order valence-electron chi connectivity index (χ4n) is 0.864. The van der Waals surface area contributed by atoms with Crippen molar-refractivity contribution in [3.05, 3.63) is 48.0 Å². The van der Waals surface area contributed by atoms with Gasteiger partial charge in [0.25, 0.3) is 5.95 Å². The zero-order valence-corrected chi connectivity index (χ0v) is 7.03. The molecule has 0 unspecified atom stereocenters. The second-order valence-corrected chi connectivity index (χ2v) is 2.32. The number of hydrogen-bond donors (Lipinski definition) is 1. The number of aliphatic hydroxyl groups excluding tert-OH is 1. The van der Waals surface area contributed by atoms with Crippen LogP contribution in [-0.2, 0) is 4.74 Å². The van der Waals surface area contributed by atoms with Crippen molar-refractivity contribution < 1.29 is 9.84 Å². The van der Waals surface area contributed by atoms with Gasteiger partial charge in [0.05, 0.1) is 6.61 Å². The van der Waals surface area contributed by atoms with E-state index in [-0.39, 0.29) is 5.95 Å². The minimum Gasteiger partial charge on any atom is -0.481 e. The summed E-state index contributed by atoms with van der Waals surface area (Å²) in [5, 5.41) is 9.06. The summed E-state index contributed by atoms with van der Waals surface area (Å²) >= 11 is 0. The van der Waals surface area contributed by atoms with Crippen molar-refractivity contribution in [1.29, 1.82) is 0 Å². The highest BCUT2D eigenvalue weighted by atomic mass is 16.6. The first-order chi connectivity index (χ1) is 5.83. The van der Waals surface area contributed by atoms with Gasteiger partial charge in [0.15, 0.2) is 0 Å². The van der Waals surface area contributed by atoms with Crippen LogP contribution in [0.15, 0.2) is 48.0 Å². The Balaban J connectivity index is 2.51. The molecule has 0 bridgehead atoms. The zero-order valence-electron chi connectivity index (χ0n) is 7.03. The summed E-state index contributed by atoms with van der Waals surface area (Å²) in [6.45, 7) is 2.31. The second-order valence-electron chi connectivity index (χ2n) is 2.32. The highest BCUT2D eigenvalue weighted by Crippen LogP contribution is 2.07. The van der Waals surface area contributed by atoms with Gasteiger partial charge in [-0.05, 0) is 18.6 Å². The van der Waals surface area contributed by atoms with Crippen LogP contribution in [0.4, 0.5) is 0 Å². The molecule has 64 valence electrons. The molecular weight excluding hydrogens is 152 g/mol. The van der Waals surface area contributed by atoms with Crippen molar-refractivity contribution in [2.24, 2.45) is 0 Å². The fraction of sp³-hybridized carbons (Fsp3) is 0.200. The van der Waals surface area contributed by atoms with Gasteiger partial charge in [-0.15, -0.1) is 0 Å². The smallest absolute Gasteiger partial charge is 0.276 e. The Morgan fingerprint density at radius 1 is 1.50 bits per heavy atom. The van der Waals surface area contributed by atoms with Crippen molar-refractivity contribution in [2.75, 3.05) is 6.61 Å². The maximum atomic E-state index is 9.06. The number of hydrogen-bond acceptors (Lipinski definition) is 2. The van der Waals surface area contributed by atoms with Gasteiger partial charge in [-0.1, -0.05) is 24.3 Å². The summed E-state index contributed by atoms with van der Waals surface area (Å²) in [6, 6.07) is 0. The molecule has 0 heterocycles. The zero-order chi connectivity index (χ0) is 8.81. The van der Waals surface area contributed by atoms with Crippen LogP contribution in [0.1, 0.15) is 6.92 Å². The Kier molecular flexibility index (Phi) is 3.20. The first-order valence-electron chi connectivity index (χ1n) is 3.91. The van der Waals surface area contributed by atoms with Gasteiger partial charge in [0, 0.05) is 6.08 Å². The molecule has 0 radical (unpaired) electrons. The van der Waals surface area contributed by atoms with Gasteiger partial charge in [0.1, 0.15) is 0 Å². The largest absolute Gasteiger partial charge is 0.481 e. The van der Waals surface area contributed by atoms with Gasteiger partial charge in [-0.3, -0.25) is 0 Å². The predicted octanol–water partition coefficient (Wildman–Crippen LogP) is 2.47. The van der Waals surface area contributed by atoms with E-state index >= 15 is 0 Å². The van der Waals surface area contributed by atoms with Crippen LogP contribution in [0, 0.1) is 0 Å². The van der Waals surface area contributed by atoms with Crippen molar-refractivity contribution in [2.45, 2.75) is 6.92 Å². The average molecular weight is 164 g/mol. The maximum absolute atomic E-state index is 9.06. The highest BCUT2D eigenvalue weighted by molar-refractivity contribution is 5.41.